The Balaban J connectivity index is 1.71. The maximum Gasteiger partial charge on any atom is 0.209 e. The van der Waals surface area contributed by atoms with Gasteiger partial charge in [0.15, 0.2) is 0 Å². The van der Waals surface area contributed by atoms with Gasteiger partial charge in [-0.3, -0.25) is 4.57 Å². The fourth-order valence-corrected chi connectivity index (χ4v) is 4.31. The number of allylic oxidation sites excluding steroid dienone is 1. The van der Waals surface area contributed by atoms with Crippen molar-refractivity contribution in [3.05, 3.63) is 100 Å². The molecule has 3 aromatic carbocycles. The van der Waals surface area contributed by atoms with Crippen molar-refractivity contribution in [3.63, 3.8) is 0 Å². The van der Waals surface area contributed by atoms with Gasteiger partial charge in [0.2, 0.25) is 5.95 Å². The Kier molecular flexibility index (Phi) is 4.59. The first kappa shape index (κ1) is 18.9. The lowest BCUT2D eigenvalue weighted by atomic mass is 9.98. The van der Waals surface area contributed by atoms with Gasteiger partial charge in [0.1, 0.15) is 5.82 Å². The number of rotatable bonds is 3. The summed E-state index contributed by atoms with van der Waals surface area (Å²) in [6, 6.07) is 20.7. The second-order valence-electron chi connectivity index (χ2n) is 7.86. The van der Waals surface area contributed by atoms with Crippen LogP contribution >= 0.6 is 11.6 Å². The van der Waals surface area contributed by atoms with Gasteiger partial charge in [-0.2, -0.15) is 0 Å². The van der Waals surface area contributed by atoms with E-state index in [1.54, 1.807) is 12.1 Å². The predicted molar refractivity (Wildman–Crippen MR) is 121 cm³/mol. The molecular weight excluding hydrogens is 397 g/mol. The van der Waals surface area contributed by atoms with E-state index in [1.165, 1.54) is 11.6 Å². The fourth-order valence-electron chi connectivity index (χ4n) is 4.03. The first-order valence-electron chi connectivity index (χ1n) is 10.0. The van der Waals surface area contributed by atoms with E-state index in [0.717, 1.165) is 22.3 Å². The van der Waals surface area contributed by atoms with Crippen LogP contribution in [0.5, 0.6) is 0 Å². The highest BCUT2D eigenvalue weighted by Gasteiger charge is 2.28. The zero-order valence-corrected chi connectivity index (χ0v) is 17.5. The molecule has 5 heteroatoms. The second kappa shape index (κ2) is 7.29. The van der Waals surface area contributed by atoms with Gasteiger partial charge in [0, 0.05) is 16.3 Å². The largest absolute Gasteiger partial charge is 0.325 e. The number of hydrogen-bond acceptors (Lipinski definition) is 2. The highest BCUT2D eigenvalue weighted by Crippen LogP contribution is 2.40. The van der Waals surface area contributed by atoms with E-state index in [-0.39, 0.29) is 5.82 Å². The molecule has 0 saturated heterocycles. The van der Waals surface area contributed by atoms with E-state index in [0.29, 0.717) is 22.5 Å². The Morgan fingerprint density at radius 2 is 1.77 bits per heavy atom. The van der Waals surface area contributed by atoms with Crippen molar-refractivity contribution < 1.29 is 4.39 Å². The van der Waals surface area contributed by atoms with E-state index < -0.39 is 6.04 Å². The van der Waals surface area contributed by atoms with Gasteiger partial charge in [-0.15, -0.1) is 0 Å². The Bertz CT molecular complexity index is 1250. The maximum absolute atomic E-state index is 14.9. The lowest BCUT2D eigenvalue weighted by Crippen LogP contribution is -2.20. The van der Waals surface area contributed by atoms with Gasteiger partial charge < -0.3 is 5.32 Å². The molecule has 1 aliphatic heterocycles. The molecule has 1 atom stereocenters. The molecule has 0 radical (unpaired) electrons. The molecule has 0 fully saturated rings. The van der Waals surface area contributed by atoms with Crippen LogP contribution in [-0.2, 0) is 0 Å². The molecule has 0 spiro atoms. The number of fused-ring (bicyclic) bond motifs is 3. The average molecular weight is 418 g/mol. The molecule has 3 nitrogen and oxygen atoms in total. The molecule has 0 amide bonds. The molecule has 4 aromatic rings. The number of aromatic nitrogens is 2. The van der Waals surface area contributed by atoms with Crippen molar-refractivity contribution in [2.75, 3.05) is 5.32 Å². The number of halogens is 2. The van der Waals surface area contributed by atoms with Crippen LogP contribution in [-0.4, -0.2) is 9.55 Å². The summed E-state index contributed by atoms with van der Waals surface area (Å²) in [5, 5.41) is 3.84. The smallest absolute Gasteiger partial charge is 0.209 e. The second-order valence-corrected chi connectivity index (χ2v) is 8.26. The monoisotopic (exact) mass is 417 g/mol. The van der Waals surface area contributed by atoms with Gasteiger partial charge in [0.25, 0.3) is 0 Å². The van der Waals surface area contributed by atoms with Crippen LogP contribution in [0.15, 0.2) is 72.8 Å². The van der Waals surface area contributed by atoms with Crippen molar-refractivity contribution in [3.8, 4) is 0 Å². The molecule has 1 aromatic heterocycles. The molecule has 0 bridgehead atoms. The van der Waals surface area contributed by atoms with Crippen LogP contribution in [0.1, 0.15) is 42.5 Å². The lowest BCUT2D eigenvalue weighted by molar-refractivity contribution is 0.584. The third-order valence-electron chi connectivity index (χ3n) is 5.63. The number of imidazole rings is 1. The van der Waals surface area contributed by atoms with Crippen molar-refractivity contribution in [1.29, 1.82) is 0 Å². The topological polar surface area (TPSA) is 29.9 Å². The molecule has 0 saturated carbocycles. The number of nitrogens with zero attached hydrogens (tertiary/aromatic N) is 2. The van der Waals surface area contributed by atoms with Crippen molar-refractivity contribution in [2.45, 2.75) is 25.8 Å². The van der Waals surface area contributed by atoms with Crippen molar-refractivity contribution in [2.24, 2.45) is 0 Å². The molecular formula is C25H21ClFN3. The lowest BCUT2D eigenvalue weighted by Gasteiger charge is -2.27. The molecule has 1 N–H and O–H groups in total. The number of para-hydroxylation sites is 2. The van der Waals surface area contributed by atoms with Crippen molar-refractivity contribution >= 4 is 34.3 Å². The van der Waals surface area contributed by atoms with Crippen LogP contribution in [0.4, 0.5) is 10.3 Å². The van der Waals surface area contributed by atoms with E-state index >= 15 is 0 Å². The Morgan fingerprint density at radius 3 is 2.50 bits per heavy atom. The quantitative estimate of drug-likeness (QED) is 0.388. The Morgan fingerprint density at radius 1 is 1.00 bits per heavy atom. The van der Waals surface area contributed by atoms with Gasteiger partial charge >= 0.3 is 0 Å². The molecule has 1 unspecified atom stereocenters. The highest BCUT2D eigenvalue weighted by atomic mass is 35.5. The molecule has 0 aliphatic carbocycles. The van der Waals surface area contributed by atoms with Crippen LogP contribution in [0.25, 0.3) is 16.7 Å². The number of benzene rings is 3. The third-order valence-corrected chi connectivity index (χ3v) is 5.96. The fraction of sp³-hybridized carbons (Fsp3) is 0.160. The van der Waals surface area contributed by atoms with E-state index in [9.17, 15) is 4.39 Å². The van der Waals surface area contributed by atoms with Crippen LogP contribution in [0.2, 0.25) is 5.02 Å². The minimum absolute atomic E-state index is 0.330. The van der Waals surface area contributed by atoms with Crippen LogP contribution in [0.3, 0.4) is 0 Å². The highest BCUT2D eigenvalue weighted by molar-refractivity contribution is 6.31. The maximum atomic E-state index is 14.9. The average Bonchev–Trinajstić information content (AvgIpc) is 3.12. The van der Waals surface area contributed by atoms with Crippen LogP contribution in [0, 0.1) is 5.82 Å². The van der Waals surface area contributed by atoms with Gasteiger partial charge in [-0.05, 0) is 47.4 Å². The molecule has 150 valence electrons. The number of nitrogens with one attached hydrogen (secondary N) is 1. The SMILES string of the molecule is CC(C)c1ccc(C2=CC(c3c(F)cccc3Cl)n3c(nc4ccccc43)N2)cc1. The summed E-state index contributed by atoms with van der Waals surface area (Å²) in [7, 11) is 0. The normalized spacial score (nSPS) is 15.8. The Hall–Kier alpha value is -3.11. The summed E-state index contributed by atoms with van der Waals surface area (Å²) in [4.78, 5) is 4.76. The molecule has 30 heavy (non-hydrogen) atoms. The third kappa shape index (κ3) is 3.08. The summed E-state index contributed by atoms with van der Waals surface area (Å²) in [6.45, 7) is 4.34. The first-order valence-corrected chi connectivity index (χ1v) is 10.4. The summed E-state index contributed by atoms with van der Waals surface area (Å²) < 4.78 is 16.9. The number of hydrogen-bond donors (Lipinski definition) is 1. The predicted octanol–water partition coefficient (Wildman–Crippen LogP) is 7.01. The summed E-state index contributed by atoms with van der Waals surface area (Å²) in [5.74, 6) is 0.802. The minimum atomic E-state index is -0.415. The standard InChI is InChI=1S/C25H21ClFN3/c1-15(2)16-10-12-17(13-11-16)21-14-23(24-18(26)6-5-7-19(24)27)30-22-9-4-3-8-20(22)28-25(30)29-21/h3-15,23H,1-2H3,(H,28,29). The van der Waals surface area contributed by atoms with E-state index in [4.69, 9.17) is 16.6 Å². The number of anilines is 1. The van der Waals surface area contributed by atoms with Gasteiger partial charge in [0.05, 0.1) is 17.1 Å². The Labute approximate surface area is 179 Å². The first-order chi connectivity index (χ1) is 14.5. The van der Waals surface area contributed by atoms with Crippen molar-refractivity contribution in [1.82, 2.24) is 9.55 Å². The van der Waals surface area contributed by atoms with E-state index in [1.807, 2.05) is 34.9 Å². The summed E-state index contributed by atoms with van der Waals surface area (Å²) >= 11 is 6.47. The van der Waals surface area contributed by atoms with Gasteiger partial charge in [-0.1, -0.05) is 67.9 Å². The minimum Gasteiger partial charge on any atom is -0.325 e. The zero-order chi connectivity index (χ0) is 20.8. The zero-order valence-electron chi connectivity index (χ0n) is 16.7. The molecule has 5 rings (SSSR count). The van der Waals surface area contributed by atoms with Crippen LogP contribution < -0.4 is 5.32 Å². The molecule has 1 aliphatic rings. The van der Waals surface area contributed by atoms with Gasteiger partial charge in [-0.25, -0.2) is 9.37 Å². The molecule has 2 heterocycles. The summed E-state index contributed by atoms with van der Waals surface area (Å²) in [6.07, 6.45) is 2.02. The summed E-state index contributed by atoms with van der Waals surface area (Å²) in [5.41, 5.74) is 5.40. The van der Waals surface area contributed by atoms with E-state index in [2.05, 4.69) is 43.4 Å².